The summed E-state index contributed by atoms with van der Waals surface area (Å²) >= 11 is 0. The van der Waals surface area contributed by atoms with Gasteiger partial charge in [-0.1, -0.05) is 6.92 Å². The number of aryl methyl sites for hydroxylation is 1. The normalized spacial score (nSPS) is 23.1. The van der Waals surface area contributed by atoms with Crippen LogP contribution in [0.4, 0.5) is 0 Å². The summed E-state index contributed by atoms with van der Waals surface area (Å²) in [5.41, 5.74) is 0. The van der Waals surface area contributed by atoms with Crippen LogP contribution in [0, 0.1) is 12.8 Å². The highest BCUT2D eigenvalue weighted by atomic mass is 16.3. The van der Waals surface area contributed by atoms with Gasteiger partial charge in [0.1, 0.15) is 11.5 Å². The molecule has 2 unspecified atom stereocenters. The summed E-state index contributed by atoms with van der Waals surface area (Å²) in [6, 6.07) is 4.57. The molecule has 1 aliphatic heterocycles. The third-order valence-electron chi connectivity index (χ3n) is 3.72. The summed E-state index contributed by atoms with van der Waals surface area (Å²) in [6.07, 6.45) is 1.30. The van der Waals surface area contributed by atoms with E-state index in [1.54, 1.807) is 0 Å². The minimum atomic E-state index is 0.412. The van der Waals surface area contributed by atoms with Gasteiger partial charge in [-0.05, 0) is 58.0 Å². The zero-order valence-electron chi connectivity index (χ0n) is 11.2. The largest absolute Gasteiger partial charge is 0.465 e. The average Bonchev–Trinajstić information content (AvgIpc) is 2.94. The second-order valence-corrected chi connectivity index (χ2v) is 5.08. The molecule has 3 nitrogen and oxygen atoms in total. The molecule has 1 fully saturated rings. The van der Waals surface area contributed by atoms with Crippen molar-refractivity contribution in [3.63, 3.8) is 0 Å². The molecule has 0 saturated carbocycles. The maximum absolute atomic E-state index is 5.72. The molecular weight excluding hydrogens is 212 g/mol. The lowest BCUT2D eigenvalue weighted by atomic mass is 10.1. The van der Waals surface area contributed by atoms with Crippen LogP contribution >= 0.6 is 0 Å². The Balaban J connectivity index is 1.87. The van der Waals surface area contributed by atoms with Crippen LogP contribution in [0.3, 0.4) is 0 Å². The molecule has 2 rings (SSSR count). The van der Waals surface area contributed by atoms with Gasteiger partial charge in [0, 0.05) is 6.54 Å². The van der Waals surface area contributed by atoms with Gasteiger partial charge in [0.15, 0.2) is 0 Å². The van der Waals surface area contributed by atoms with Crippen LogP contribution in [0.2, 0.25) is 0 Å². The van der Waals surface area contributed by atoms with Crippen LogP contribution in [0.25, 0.3) is 0 Å². The standard InChI is InChI=1S/C14H24N2O/c1-4-15-9-13-7-8-16(10-13)12(3)14-6-5-11(2)17-14/h5-6,12-13,15H,4,7-10H2,1-3H3. The van der Waals surface area contributed by atoms with Crippen molar-refractivity contribution in [3.8, 4) is 0 Å². The van der Waals surface area contributed by atoms with Gasteiger partial charge in [-0.2, -0.15) is 0 Å². The third-order valence-corrected chi connectivity index (χ3v) is 3.72. The minimum absolute atomic E-state index is 0.412. The topological polar surface area (TPSA) is 28.4 Å². The lowest BCUT2D eigenvalue weighted by Gasteiger charge is -2.22. The average molecular weight is 236 g/mol. The van der Waals surface area contributed by atoms with Gasteiger partial charge in [-0.25, -0.2) is 0 Å². The maximum atomic E-state index is 5.72. The lowest BCUT2D eigenvalue weighted by Crippen LogP contribution is -2.28. The molecule has 0 amide bonds. The summed E-state index contributed by atoms with van der Waals surface area (Å²) in [5.74, 6) is 2.91. The highest BCUT2D eigenvalue weighted by molar-refractivity contribution is 5.09. The fourth-order valence-corrected chi connectivity index (χ4v) is 2.59. The van der Waals surface area contributed by atoms with Crippen LogP contribution < -0.4 is 5.32 Å². The molecule has 3 heteroatoms. The van der Waals surface area contributed by atoms with E-state index >= 15 is 0 Å². The van der Waals surface area contributed by atoms with Gasteiger partial charge in [0.05, 0.1) is 6.04 Å². The molecule has 0 radical (unpaired) electrons. The zero-order valence-corrected chi connectivity index (χ0v) is 11.2. The Morgan fingerprint density at radius 2 is 2.35 bits per heavy atom. The summed E-state index contributed by atoms with van der Waals surface area (Å²) in [4.78, 5) is 2.53. The number of hydrogen-bond donors (Lipinski definition) is 1. The first-order valence-corrected chi connectivity index (χ1v) is 6.71. The van der Waals surface area contributed by atoms with Crippen LogP contribution in [-0.4, -0.2) is 31.1 Å². The molecule has 17 heavy (non-hydrogen) atoms. The number of nitrogens with one attached hydrogen (secondary N) is 1. The molecule has 0 aliphatic carbocycles. The van der Waals surface area contributed by atoms with Gasteiger partial charge in [0.2, 0.25) is 0 Å². The quantitative estimate of drug-likeness (QED) is 0.851. The van der Waals surface area contributed by atoms with Gasteiger partial charge >= 0.3 is 0 Å². The number of nitrogens with zero attached hydrogens (tertiary/aromatic N) is 1. The summed E-state index contributed by atoms with van der Waals surface area (Å²) < 4.78 is 5.72. The van der Waals surface area contributed by atoms with Crippen molar-refractivity contribution < 1.29 is 4.42 Å². The van der Waals surface area contributed by atoms with E-state index in [4.69, 9.17) is 4.42 Å². The van der Waals surface area contributed by atoms with Crippen molar-refractivity contribution in [2.24, 2.45) is 5.92 Å². The predicted octanol–water partition coefficient (Wildman–Crippen LogP) is 2.58. The monoisotopic (exact) mass is 236 g/mol. The lowest BCUT2D eigenvalue weighted by molar-refractivity contribution is 0.221. The summed E-state index contributed by atoms with van der Waals surface area (Å²) in [7, 11) is 0. The van der Waals surface area contributed by atoms with E-state index in [1.165, 1.54) is 19.5 Å². The Morgan fingerprint density at radius 1 is 1.53 bits per heavy atom. The molecule has 1 aliphatic rings. The van der Waals surface area contributed by atoms with Crippen molar-refractivity contribution in [2.75, 3.05) is 26.2 Å². The second kappa shape index (κ2) is 5.69. The summed E-state index contributed by atoms with van der Waals surface area (Å²) in [5, 5.41) is 3.44. The van der Waals surface area contributed by atoms with Gasteiger partial charge < -0.3 is 9.73 Å². The first-order chi connectivity index (χ1) is 8.20. The van der Waals surface area contributed by atoms with Crippen molar-refractivity contribution >= 4 is 0 Å². The van der Waals surface area contributed by atoms with Crippen LogP contribution in [-0.2, 0) is 0 Å². The Labute approximate surface area is 104 Å². The number of likely N-dealkylation sites (tertiary alicyclic amines) is 1. The van der Waals surface area contributed by atoms with E-state index in [9.17, 15) is 0 Å². The first kappa shape index (κ1) is 12.7. The Kier molecular flexibility index (Phi) is 4.24. The highest BCUT2D eigenvalue weighted by Gasteiger charge is 2.27. The van der Waals surface area contributed by atoms with Crippen molar-refractivity contribution in [1.82, 2.24) is 10.2 Å². The van der Waals surface area contributed by atoms with Gasteiger partial charge in [-0.15, -0.1) is 0 Å². The molecule has 1 aromatic heterocycles. The van der Waals surface area contributed by atoms with Gasteiger partial charge in [0.25, 0.3) is 0 Å². The van der Waals surface area contributed by atoms with Gasteiger partial charge in [-0.3, -0.25) is 4.90 Å². The molecule has 1 saturated heterocycles. The van der Waals surface area contributed by atoms with E-state index in [0.29, 0.717) is 6.04 Å². The smallest absolute Gasteiger partial charge is 0.121 e. The van der Waals surface area contributed by atoms with E-state index in [0.717, 1.165) is 30.5 Å². The molecule has 2 atom stereocenters. The van der Waals surface area contributed by atoms with Crippen LogP contribution in [0.5, 0.6) is 0 Å². The third kappa shape index (κ3) is 3.11. The second-order valence-electron chi connectivity index (χ2n) is 5.08. The van der Waals surface area contributed by atoms with Crippen molar-refractivity contribution in [3.05, 3.63) is 23.7 Å². The highest BCUT2D eigenvalue weighted by Crippen LogP contribution is 2.28. The Morgan fingerprint density at radius 3 is 3.00 bits per heavy atom. The minimum Gasteiger partial charge on any atom is -0.465 e. The molecule has 1 aromatic rings. The molecule has 2 heterocycles. The number of rotatable bonds is 5. The summed E-state index contributed by atoms with van der Waals surface area (Å²) in [6.45, 7) is 11.0. The van der Waals surface area contributed by atoms with Crippen LogP contribution in [0.1, 0.15) is 37.8 Å². The Bertz CT molecular complexity index is 348. The first-order valence-electron chi connectivity index (χ1n) is 6.71. The zero-order chi connectivity index (χ0) is 12.3. The van der Waals surface area contributed by atoms with Crippen molar-refractivity contribution in [1.29, 1.82) is 0 Å². The fraction of sp³-hybridized carbons (Fsp3) is 0.714. The van der Waals surface area contributed by atoms with E-state index in [-0.39, 0.29) is 0 Å². The molecular formula is C14H24N2O. The van der Waals surface area contributed by atoms with Crippen molar-refractivity contribution in [2.45, 2.75) is 33.2 Å². The number of furan rings is 1. The molecule has 1 N–H and O–H groups in total. The van der Waals surface area contributed by atoms with E-state index in [1.807, 2.05) is 6.92 Å². The number of hydrogen-bond acceptors (Lipinski definition) is 3. The van der Waals surface area contributed by atoms with E-state index < -0.39 is 0 Å². The van der Waals surface area contributed by atoms with E-state index in [2.05, 4.69) is 36.2 Å². The fourth-order valence-electron chi connectivity index (χ4n) is 2.59. The molecule has 0 spiro atoms. The molecule has 0 aromatic carbocycles. The Hall–Kier alpha value is -0.800. The SMILES string of the molecule is CCNCC1CCN(C(C)c2ccc(C)o2)C1. The maximum Gasteiger partial charge on any atom is 0.121 e. The molecule has 96 valence electrons. The molecule has 0 bridgehead atoms. The van der Waals surface area contributed by atoms with Crippen LogP contribution in [0.15, 0.2) is 16.5 Å². The predicted molar refractivity (Wildman–Crippen MR) is 70.1 cm³/mol.